The molecule has 2 aromatic rings. The summed E-state index contributed by atoms with van der Waals surface area (Å²) in [7, 11) is 0. The predicted molar refractivity (Wildman–Crippen MR) is 90.4 cm³/mol. The number of carbonyl (C=O) groups excluding carboxylic acids is 1. The maximum absolute atomic E-state index is 12.2. The number of rotatable bonds is 5. The van der Waals surface area contributed by atoms with Gasteiger partial charge in [0.25, 0.3) is 5.91 Å². The highest BCUT2D eigenvalue weighted by Gasteiger charge is 2.15. The lowest BCUT2D eigenvalue weighted by Gasteiger charge is -2.15. The molecule has 1 N–H and O–H groups in total. The SMILES string of the molecule is Cc1cccc(O[C@H](C)C(=O)Nc2ccc(C(C)C)cc2)c1. The molecule has 0 aliphatic carbocycles. The molecular formula is C19H23NO2. The summed E-state index contributed by atoms with van der Waals surface area (Å²) in [6.45, 7) is 8.03. The minimum absolute atomic E-state index is 0.154. The Kier molecular flexibility index (Phi) is 5.21. The molecule has 1 amide bonds. The minimum Gasteiger partial charge on any atom is -0.481 e. The fourth-order valence-corrected chi connectivity index (χ4v) is 2.14. The fraction of sp³-hybridized carbons (Fsp3) is 0.316. The second-order valence-electron chi connectivity index (χ2n) is 5.84. The van der Waals surface area contributed by atoms with E-state index in [1.54, 1.807) is 6.92 Å². The summed E-state index contributed by atoms with van der Waals surface area (Å²) in [5, 5.41) is 2.88. The number of anilines is 1. The van der Waals surface area contributed by atoms with Crippen LogP contribution >= 0.6 is 0 Å². The van der Waals surface area contributed by atoms with Gasteiger partial charge in [-0.15, -0.1) is 0 Å². The predicted octanol–water partition coefficient (Wildman–Crippen LogP) is 4.52. The summed E-state index contributed by atoms with van der Waals surface area (Å²) in [4.78, 5) is 12.2. The van der Waals surface area contributed by atoms with Crippen LogP contribution in [0.15, 0.2) is 48.5 Å². The van der Waals surface area contributed by atoms with E-state index in [2.05, 4.69) is 19.2 Å². The smallest absolute Gasteiger partial charge is 0.265 e. The van der Waals surface area contributed by atoms with Gasteiger partial charge in [0.1, 0.15) is 5.75 Å². The first-order valence-corrected chi connectivity index (χ1v) is 7.60. The summed E-state index contributed by atoms with van der Waals surface area (Å²) in [6, 6.07) is 15.6. The van der Waals surface area contributed by atoms with Gasteiger partial charge in [-0.05, 0) is 55.2 Å². The van der Waals surface area contributed by atoms with Gasteiger partial charge in [-0.3, -0.25) is 4.79 Å². The number of nitrogens with one attached hydrogen (secondary N) is 1. The Hall–Kier alpha value is -2.29. The van der Waals surface area contributed by atoms with Crippen LogP contribution in [-0.2, 0) is 4.79 Å². The van der Waals surface area contributed by atoms with Gasteiger partial charge >= 0.3 is 0 Å². The lowest BCUT2D eigenvalue weighted by molar-refractivity contribution is -0.122. The number of ether oxygens (including phenoxy) is 1. The molecular weight excluding hydrogens is 274 g/mol. The van der Waals surface area contributed by atoms with Crippen molar-refractivity contribution in [3.05, 3.63) is 59.7 Å². The van der Waals surface area contributed by atoms with Gasteiger partial charge in [0.15, 0.2) is 6.10 Å². The van der Waals surface area contributed by atoms with Crippen LogP contribution in [0.25, 0.3) is 0 Å². The largest absolute Gasteiger partial charge is 0.481 e. The maximum Gasteiger partial charge on any atom is 0.265 e. The number of hydrogen-bond donors (Lipinski definition) is 1. The quantitative estimate of drug-likeness (QED) is 0.881. The molecule has 3 heteroatoms. The number of benzene rings is 2. The molecule has 0 saturated heterocycles. The minimum atomic E-state index is -0.549. The zero-order chi connectivity index (χ0) is 16.1. The number of amides is 1. The molecule has 0 aliphatic heterocycles. The highest BCUT2D eigenvalue weighted by atomic mass is 16.5. The van der Waals surface area contributed by atoms with Crippen LogP contribution < -0.4 is 10.1 Å². The van der Waals surface area contributed by atoms with Gasteiger partial charge in [0.2, 0.25) is 0 Å². The van der Waals surface area contributed by atoms with E-state index in [1.165, 1.54) is 5.56 Å². The average Bonchev–Trinajstić information content (AvgIpc) is 2.47. The van der Waals surface area contributed by atoms with Gasteiger partial charge in [-0.1, -0.05) is 38.1 Å². The third kappa shape index (κ3) is 4.35. The molecule has 0 bridgehead atoms. The van der Waals surface area contributed by atoms with Crippen molar-refractivity contribution in [2.75, 3.05) is 5.32 Å². The number of aryl methyl sites for hydroxylation is 1. The molecule has 3 nitrogen and oxygen atoms in total. The van der Waals surface area contributed by atoms with E-state index in [0.29, 0.717) is 11.7 Å². The van der Waals surface area contributed by atoms with E-state index < -0.39 is 6.10 Å². The topological polar surface area (TPSA) is 38.3 Å². The Morgan fingerprint density at radius 2 is 1.73 bits per heavy atom. The first-order valence-electron chi connectivity index (χ1n) is 7.60. The zero-order valence-electron chi connectivity index (χ0n) is 13.6. The molecule has 116 valence electrons. The van der Waals surface area contributed by atoms with Crippen molar-refractivity contribution in [3.8, 4) is 5.75 Å². The standard InChI is InChI=1S/C19H23NO2/c1-13(2)16-8-10-17(11-9-16)20-19(21)15(4)22-18-7-5-6-14(3)12-18/h5-13,15H,1-4H3,(H,20,21)/t15-/m1/s1. The Balaban J connectivity index is 1.96. The van der Waals surface area contributed by atoms with Crippen molar-refractivity contribution >= 4 is 11.6 Å². The van der Waals surface area contributed by atoms with Crippen molar-refractivity contribution in [1.82, 2.24) is 0 Å². The molecule has 22 heavy (non-hydrogen) atoms. The fourth-order valence-electron chi connectivity index (χ4n) is 2.14. The van der Waals surface area contributed by atoms with Crippen LogP contribution in [-0.4, -0.2) is 12.0 Å². The van der Waals surface area contributed by atoms with Gasteiger partial charge in [0.05, 0.1) is 0 Å². The second-order valence-corrected chi connectivity index (χ2v) is 5.84. The Morgan fingerprint density at radius 3 is 2.32 bits per heavy atom. The first-order chi connectivity index (χ1) is 10.5. The van der Waals surface area contributed by atoms with Gasteiger partial charge < -0.3 is 10.1 Å². The Morgan fingerprint density at radius 1 is 1.05 bits per heavy atom. The number of carbonyl (C=O) groups is 1. The molecule has 0 unspecified atom stereocenters. The van der Waals surface area contributed by atoms with Gasteiger partial charge in [0, 0.05) is 5.69 Å². The summed E-state index contributed by atoms with van der Waals surface area (Å²) in [6.07, 6.45) is -0.549. The van der Waals surface area contributed by atoms with E-state index in [0.717, 1.165) is 11.3 Å². The zero-order valence-corrected chi connectivity index (χ0v) is 13.6. The molecule has 2 rings (SSSR count). The second kappa shape index (κ2) is 7.12. The molecule has 0 aromatic heterocycles. The average molecular weight is 297 g/mol. The van der Waals surface area contributed by atoms with Crippen molar-refractivity contribution in [2.24, 2.45) is 0 Å². The summed E-state index contributed by atoms with van der Waals surface area (Å²) >= 11 is 0. The van der Waals surface area contributed by atoms with Gasteiger partial charge in [-0.25, -0.2) is 0 Å². The van der Waals surface area contributed by atoms with Crippen LogP contribution in [0, 0.1) is 6.92 Å². The van der Waals surface area contributed by atoms with Gasteiger partial charge in [-0.2, -0.15) is 0 Å². The summed E-state index contributed by atoms with van der Waals surface area (Å²) in [5.41, 5.74) is 3.14. The Labute approximate surface area is 132 Å². The molecule has 0 radical (unpaired) electrons. The van der Waals surface area contributed by atoms with Crippen molar-refractivity contribution in [1.29, 1.82) is 0 Å². The molecule has 0 saturated carbocycles. The Bertz CT molecular complexity index is 632. The van der Waals surface area contributed by atoms with E-state index in [1.807, 2.05) is 55.5 Å². The molecule has 2 aromatic carbocycles. The lowest BCUT2D eigenvalue weighted by Crippen LogP contribution is -2.30. The van der Waals surface area contributed by atoms with E-state index >= 15 is 0 Å². The van der Waals surface area contributed by atoms with E-state index in [9.17, 15) is 4.79 Å². The molecule has 0 aliphatic rings. The van der Waals surface area contributed by atoms with Crippen molar-refractivity contribution in [2.45, 2.75) is 39.7 Å². The van der Waals surface area contributed by atoms with Crippen LogP contribution in [0.4, 0.5) is 5.69 Å². The van der Waals surface area contributed by atoms with Crippen LogP contribution in [0.2, 0.25) is 0 Å². The van der Waals surface area contributed by atoms with Crippen molar-refractivity contribution < 1.29 is 9.53 Å². The maximum atomic E-state index is 12.2. The van der Waals surface area contributed by atoms with Crippen LogP contribution in [0.1, 0.15) is 37.8 Å². The van der Waals surface area contributed by atoms with Crippen molar-refractivity contribution in [3.63, 3.8) is 0 Å². The molecule has 0 heterocycles. The number of hydrogen-bond acceptors (Lipinski definition) is 2. The van der Waals surface area contributed by atoms with Crippen LogP contribution in [0.5, 0.6) is 5.75 Å². The normalized spacial score (nSPS) is 12.0. The van der Waals surface area contributed by atoms with E-state index in [-0.39, 0.29) is 5.91 Å². The molecule has 0 spiro atoms. The van der Waals surface area contributed by atoms with E-state index in [4.69, 9.17) is 4.74 Å². The highest BCUT2D eigenvalue weighted by molar-refractivity contribution is 5.94. The molecule has 1 atom stereocenters. The third-order valence-corrected chi connectivity index (χ3v) is 3.52. The molecule has 0 fully saturated rings. The first kappa shape index (κ1) is 16.1. The van der Waals surface area contributed by atoms with Crippen LogP contribution in [0.3, 0.4) is 0 Å². The summed E-state index contributed by atoms with van der Waals surface area (Å²) in [5.74, 6) is 1.03. The highest BCUT2D eigenvalue weighted by Crippen LogP contribution is 2.18. The monoisotopic (exact) mass is 297 g/mol. The lowest BCUT2D eigenvalue weighted by atomic mass is 10.0. The summed E-state index contributed by atoms with van der Waals surface area (Å²) < 4.78 is 5.68. The third-order valence-electron chi connectivity index (χ3n) is 3.52.